The fourth-order valence-electron chi connectivity index (χ4n) is 2.32. The number of benzene rings is 1. The first-order chi connectivity index (χ1) is 9.60. The van der Waals surface area contributed by atoms with E-state index >= 15 is 0 Å². The summed E-state index contributed by atoms with van der Waals surface area (Å²) in [5.74, 6) is 1.52. The Kier molecular flexibility index (Phi) is 5.44. The molecule has 0 aliphatic carbocycles. The summed E-state index contributed by atoms with van der Waals surface area (Å²) >= 11 is 7.43. The van der Waals surface area contributed by atoms with Gasteiger partial charge in [-0.05, 0) is 38.3 Å². The van der Waals surface area contributed by atoms with E-state index in [0.29, 0.717) is 5.88 Å². The summed E-state index contributed by atoms with van der Waals surface area (Å²) in [6, 6.07) is 4.33. The Morgan fingerprint density at radius 2 is 1.90 bits per heavy atom. The van der Waals surface area contributed by atoms with Gasteiger partial charge in [0.1, 0.15) is 5.75 Å². The number of alkyl halides is 1. The van der Waals surface area contributed by atoms with Crippen molar-refractivity contribution in [2.24, 2.45) is 0 Å². The van der Waals surface area contributed by atoms with E-state index in [1.54, 1.807) is 11.3 Å². The highest BCUT2D eigenvalue weighted by atomic mass is 35.5. The molecule has 0 spiro atoms. The molecule has 1 aromatic heterocycles. The van der Waals surface area contributed by atoms with Crippen LogP contribution >= 0.6 is 22.9 Å². The Balaban J connectivity index is 1.84. The van der Waals surface area contributed by atoms with E-state index in [0.717, 1.165) is 35.9 Å². The van der Waals surface area contributed by atoms with Crippen molar-refractivity contribution < 1.29 is 4.74 Å². The van der Waals surface area contributed by atoms with Crippen LogP contribution in [0.3, 0.4) is 0 Å². The molecule has 2 rings (SSSR count). The third kappa shape index (κ3) is 3.97. The molecule has 2 aromatic rings. The quantitative estimate of drug-likeness (QED) is 0.564. The molecule has 0 atom stereocenters. The number of ether oxygens (including phenoxy) is 1. The predicted octanol–water partition coefficient (Wildman–Crippen LogP) is 4.82. The minimum atomic E-state index is 0.495. The van der Waals surface area contributed by atoms with Crippen molar-refractivity contribution in [1.82, 2.24) is 4.98 Å². The lowest BCUT2D eigenvalue weighted by Gasteiger charge is -2.12. The number of aryl methyl sites for hydroxylation is 4. The van der Waals surface area contributed by atoms with E-state index in [2.05, 4.69) is 37.9 Å². The third-order valence-electron chi connectivity index (χ3n) is 3.12. The summed E-state index contributed by atoms with van der Waals surface area (Å²) in [6.07, 6.45) is 1.92. The van der Waals surface area contributed by atoms with Crippen LogP contribution in [0.1, 0.15) is 33.8 Å². The molecule has 0 radical (unpaired) electrons. The second kappa shape index (κ2) is 7.09. The van der Waals surface area contributed by atoms with Crippen LogP contribution in [0.15, 0.2) is 17.5 Å². The number of hydrogen-bond donors (Lipinski definition) is 0. The second-order valence-electron chi connectivity index (χ2n) is 5.05. The van der Waals surface area contributed by atoms with Crippen molar-refractivity contribution >= 4 is 22.9 Å². The van der Waals surface area contributed by atoms with E-state index < -0.39 is 0 Å². The van der Waals surface area contributed by atoms with E-state index in [1.807, 2.05) is 5.38 Å². The number of thiazole rings is 1. The highest BCUT2D eigenvalue weighted by molar-refractivity contribution is 7.09. The third-order valence-corrected chi connectivity index (χ3v) is 4.35. The maximum Gasteiger partial charge on any atom is 0.125 e. The summed E-state index contributed by atoms with van der Waals surface area (Å²) in [5.41, 5.74) is 4.67. The van der Waals surface area contributed by atoms with Crippen LogP contribution in [-0.2, 0) is 12.3 Å². The van der Waals surface area contributed by atoms with Gasteiger partial charge in [-0.2, -0.15) is 0 Å². The molecule has 0 unspecified atom stereocenters. The molecule has 0 fully saturated rings. The summed E-state index contributed by atoms with van der Waals surface area (Å²) < 4.78 is 5.93. The average molecular weight is 310 g/mol. The molecule has 0 aliphatic rings. The van der Waals surface area contributed by atoms with Crippen molar-refractivity contribution in [3.63, 3.8) is 0 Å². The smallest absolute Gasteiger partial charge is 0.125 e. The summed E-state index contributed by atoms with van der Waals surface area (Å²) in [7, 11) is 0. The first kappa shape index (κ1) is 15.3. The first-order valence-corrected chi connectivity index (χ1v) is 8.21. The Morgan fingerprint density at radius 3 is 2.50 bits per heavy atom. The van der Waals surface area contributed by atoms with Crippen LogP contribution in [0.5, 0.6) is 5.75 Å². The van der Waals surface area contributed by atoms with E-state index in [-0.39, 0.29) is 0 Å². The maximum atomic E-state index is 5.93. The molecule has 0 N–H and O–H groups in total. The monoisotopic (exact) mass is 309 g/mol. The van der Waals surface area contributed by atoms with E-state index in [1.165, 1.54) is 16.7 Å². The molecule has 0 bridgehead atoms. The van der Waals surface area contributed by atoms with Crippen LogP contribution in [-0.4, -0.2) is 11.6 Å². The Labute approximate surface area is 129 Å². The molecular weight excluding hydrogens is 290 g/mol. The van der Waals surface area contributed by atoms with Gasteiger partial charge in [-0.25, -0.2) is 4.98 Å². The molecule has 20 heavy (non-hydrogen) atoms. The Morgan fingerprint density at radius 1 is 1.20 bits per heavy atom. The lowest BCUT2D eigenvalue weighted by Crippen LogP contribution is -2.02. The minimum absolute atomic E-state index is 0.495. The molecule has 0 amide bonds. The molecular formula is C16H20ClNOS. The predicted molar refractivity (Wildman–Crippen MR) is 86.1 cm³/mol. The molecule has 0 saturated carbocycles. The zero-order valence-electron chi connectivity index (χ0n) is 12.2. The normalized spacial score (nSPS) is 10.8. The van der Waals surface area contributed by atoms with Crippen molar-refractivity contribution in [3.8, 4) is 5.75 Å². The Bertz CT molecular complexity index is 557. The van der Waals surface area contributed by atoms with Gasteiger partial charge in [0, 0.05) is 11.8 Å². The largest absolute Gasteiger partial charge is 0.493 e. The van der Waals surface area contributed by atoms with Gasteiger partial charge in [0.25, 0.3) is 0 Å². The lowest BCUT2D eigenvalue weighted by molar-refractivity contribution is 0.307. The van der Waals surface area contributed by atoms with Crippen LogP contribution in [0.25, 0.3) is 0 Å². The topological polar surface area (TPSA) is 22.1 Å². The van der Waals surface area contributed by atoms with Crippen molar-refractivity contribution in [2.75, 3.05) is 6.61 Å². The number of aromatic nitrogens is 1. The van der Waals surface area contributed by atoms with Gasteiger partial charge in [-0.1, -0.05) is 17.7 Å². The molecule has 2 nitrogen and oxygen atoms in total. The average Bonchev–Trinajstić information content (AvgIpc) is 2.84. The highest BCUT2D eigenvalue weighted by Gasteiger charge is 2.06. The summed E-state index contributed by atoms with van der Waals surface area (Å²) in [6.45, 7) is 7.03. The van der Waals surface area contributed by atoms with Gasteiger partial charge in [-0.15, -0.1) is 22.9 Å². The number of nitrogens with zero attached hydrogens (tertiary/aromatic N) is 1. The standard InChI is InChI=1S/C16H20ClNOS/c1-11-7-12(2)16(13(3)8-11)19-6-4-5-15-18-14(9-17)10-20-15/h7-8,10H,4-6,9H2,1-3H3. The fourth-order valence-corrected chi connectivity index (χ4v) is 3.39. The first-order valence-electron chi connectivity index (χ1n) is 6.80. The molecule has 0 saturated heterocycles. The molecule has 108 valence electrons. The number of rotatable bonds is 6. The van der Waals surface area contributed by atoms with Crippen molar-refractivity contribution in [3.05, 3.63) is 44.9 Å². The molecule has 1 heterocycles. The van der Waals surface area contributed by atoms with Crippen LogP contribution in [0.2, 0.25) is 0 Å². The van der Waals surface area contributed by atoms with Gasteiger partial charge in [-0.3, -0.25) is 0 Å². The second-order valence-corrected chi connectivity index (χ2v) is 6.26. The molecule has 1 aromatic carbocycles. The van der Waals surface area contributed by atoms with E-state index in [9.17, 15) is 0 Å². The van der Waals surface area contributed by atoms with Crippen LogP contribution in [0.4, 0.5) is 0 Å². The number of halogens is 1. The van der Waals surface area contributed by atoms with Crippen LogP contribution in [0, 0.1) is 20.8 Å². The summed E-state index contributed by atoms with van der Waals surface area (Å²) in [4.78, 5) is 4.45. The van der Waals surface area contributed by atoms with Gasteiger partial charge in [0.2, 0.25) is 0 Å². The lowest BCUT2D eigenvalue weighted by atomic mass is 10.1. The summed E-state index contributed by atoms with van der Waals surface area (Å²) in [5, 5.41) is 3.17. The van der Waals surface area contributed by atoms with Crippen molar-refractivity contribution in [2.45, 2.75) is 39.5 Å². The Hall–Kier alpha value is -1.06. The van der Waals surface area contributed by atoms with E-state index in [4.69, 9.17) is 16.3 Å². The zero-order valence-corrected chi connectivity index (χ0v) is 13.8. The zero-order chi connectivity index (χ0) is 14.5. The highest BCUT2D eigenvalue weighted by Crippen LogP contribution is 2.24. The van der Waals surface area contributed by atoms with Gasteiger partial charge in [0.05, 0.1) is 23.2 Å². The molecule has 4 heteroatoms. The van der Waals surface area contributed by atoms with Gasteiger partial charge >= 0.3 is 0 Å². The minimum Gasteiger partial charge on any atom is -0.493 e. The van der Waals surface area contributed by atoms with Crippen molar-refractivity contribution in [1.29, 1.82) is 0 Å². The SMILES string of the molecule is Cc1cc(C)c(OCCCc2nc(CCl)cs2)c(C)c1. The fraction of sp³-hybridized carbons (Fsp3) is 0.438. The van der Waals surface area contributed by atoms with Gasteiger partial charge in [0.15, 0.2) is 0 Å². The van der Waals surface area contributed by atoms with Crippen LogP contribution < -0.4 is 4.74 Å². The van der Waals surface area contributed by atoms with Gasteiger partial charge < -0.3 is 4.74 Å². The number of hydrogen-bond acceptors (Lipinski definition) is 3. The maximum absolute atomic E-state index is 5.93. The molecule has 0 aliphatic heterocycles.